The predicted molar refractivity (Wildman–Crippen MR) is 173 cm³/mol. The van der Waals surface area contributed by atoms with E-state index in [0.717, 1.165) is 52.8 Å². The van der Waals surface area contributed by atoms with Gasteiger partial charge >= 0.3 is 0 Å². The Labute approximate surface area is 267 Å². The Kier molecular flexibility index (Phi) is 7.49. The maximum absolute atomic E-state index is 12.5. The van der Waals surface area contributed by atoms with E-state index in [-0.39, 0.29) is 23.6 Å². The number of hydrogen-bond acceptors (Lipinski definition) is 8. The minimum absolute atomic E-state index is 0.0391. The normalized spacial score (nSPS) is 18.5. The van der Waals surface area contributed by atoms with Crippen molar-refractivity contribution in [3.8, 4) is 45.6 Å². The van der Waals surface area contributed by atoms with Crippen molar-refractivity contribution in [1.29, 1.82) is 0 Å². The van der Waals surface area contributed by atoms with Gasteiger partial charge in [0.1, 0.15) is 28.8 Å². The summed E-state index contributed by atoms with van der Waals surface area (Å²) in [4.78, 5) is 16.3. The minimum Gasteiger partial charge on any atom is -0.507 e. The van der Waals surface area contributed by atoms with E-state index in [0.29, 0.717) is 52.7 Å². The number of fused-ring (bicyclic) bond motifs is 2. The molecular formula is C37H36N2O7. The zero-order valence-corrected chi connectivity index (χ0v) is 26.2. The molecule has 4 heterocycles. The molecule has 0 fully saturated rings. The Morgan fingerprint density at radius 3 is 2.30 bits per heavy atom. The van der Waals surface area contributed by atoms with Crippen LogP contribution in [0.15, 0.2) is 66.9 Å². The molecular weight excluding hydrogens is 584 g/mol. The summed E-state index contributed by atoms with van der Waals surface area (Å²) >= 11 is 0. The lowest BCUT2D eigenvalue weighted by molar-refractivity contribution is -0.117. The zero-order valence-electron chi connectivity index (χ0n) is 26.2. The van der Waals surface area contributed by atoms with E-state index in [1.807, 2.05) is 54.6 Å². The first-order valence-corrected chi connectivity index (χ1v) is 15.3. The van der Waals surface area contributed by atoms with Gasteiger partial charge < -0.3 is 34.1 Å². The Hall–Kier alpha value is -5.15. The van der Waals surface area contributed by atoms with Crippen molar-refractivity contribution in [3.63, 3.8) is 0 Å². The fourth-order valence-electron chi connectivity index (χ4n) is 7.06. The first kappa shape index (κ1) is 29.6. The highest BCUT2D eigenvalue weighted by Gasteiger charge is 2.35. The molecule has 0 saturated carbocycles. The molecule has 0 unspecified atom stereocenters. The summed E-state index contributed by atoms with van der Waals surface area (Å²) in [6.45, 7) is 0.797. The van der Waals surface area contributed by atoms with Gasteiger partial charge in [0.25, 0.3) is 0 Å². The molecule has 0 radical (unpaired) electrons. The average Bonchev–Trinajstić information content (AvgIpc) is 3.07. The number of ether oxygens (including phenoxy) is 4. The van der Waals surface area contributed by atoms with Gasteiger partial charge in [-0.2, -0.15) is 0 Å². The van der Waals surface area contributed by atoms with Gasteiger partial charge in [0.2, 0.25) is 6.41 Å². The van der Waals surface area contributed by atoms with Gasteiger partial charge in [0.05, 0.1) is 32.9 Å². The Morgan fingerprint density at radius 1 is 0.848 bits per heavy atom. The smallest absolute Gasteiger partial charge is 0.214 e. The largest absolute Gasteiger partial charge is 0.507 e. The van der Waals surface area contributed by atoms with Crippen LogP contribution in [-0.2, 0) is 28.8 Å². The van der Waals surface area contributed by atoms with E-state index < -0.39 is 0 Å². The van der Waals surface area contributed by atoms with Crippen molar-refractivity contribution in [2.75, 3.05) is 34.9 Å². The third-order valence-corrected chi connectivity index (χ3v) is 9.48. The van der Waals surface area contributed by atoms with Gasteiger partial charge in [-0.05, 0) is 91.0 Å². The lowest BCUT2D eigenvalue weighted by Crippen LogP contribution is -2.33. The number of rotatable bonds is 4. The average molecular weight is 621 g/mol. The molecule has 0 saturated heterocycles. The molecule has 0 spiro atoms. The van der Waals surface area contributed by atoms with Gasteiger partial charge in [-0.25, -0.2) is 0 Å². The maximum Gasteiger partial charge on any atom is 0.214 e. The lowest BCUT2D eigenvalue weighted by Gasteiger charge is -2.37. The van der Waals surface area contributed by atoms with Crippen molar-refractivity contribution < 1.29 is 34.0 Å². The summed E-state index contributed by atoms with van der Waals surface area (Å²) in [7, 11) is 6.83. The summed E-state index contributed by atoms with van der Waals surface area (Å²) in [5.41, 5.74) is 6.56. The standard InChI is InChI=1S/C37H36N2O7/c1-38-12-11-23-16-33(44-3)36-27-17-25-26(18-31(27)43-2)34(45-4)19-39(20-40)28(25)13-21-5-8-24(9-6-21)46-32-15-22(7-10-30(32)41)14-29(38)35(23)37(36)42/h5-10,15-20,28-29,41-42H,11-14H2,1-4H3/t28-,29+/m0/s1. The monoisotopic (exact) mass is 620 g/mol. The molecule has 46 heavy (non-hydrogen) atoms. The van der Waals surface area contributed by atoms with Crippen molar-refractivity contribution >= 4 is 12.2 Å². The lowest BCUT2D eigenvalue weighted by atomic mass is 9.83. The highest BCUT2D eigenvalue weighted by Crippen LogP contribution is 2.52. The van der Waals surface area contributed by atoms with E-state index in [1.165, 1.54) is 0 Å². The van der Waals surface area contributed by atoms with Crippen LogP contribution in [0.3, 0.4) is 0 Å². The van der Waals surface area contributed by atoms with E-state index in [9.17, 15) is 15.0 Å². The topological polar surface area (TPSA) is 101 Å². The molecule has 4 aliphatic rings. The summed E-state index contributed by atoms with van der Waals surface area (Å²) < 4.78 is 23.8. The van der Waals surface area contributed by atoms with Crippen molar-refractivity contribution in [2.45, 2.75) is 31.3 Å². The SMILES string of the molecule is COC1=CN(C=O)[C@H]2Cc3ccc(cc3)Oc3cc(ccc3O)C[C@@H]3c4c(cc(OC)c(c4O)-c4cc2c1cc4OC)CCN3C. The Balaban J connectivity index is 1.52. The van der Waals surface area contributed by atoms with Gasteiger partial charge in [0.15, 0.2) is 11.5 Å². The first-order chi connectivity index (χ1) is 22.3. The second kappa shape index (κ2) is 11.7. The van der Waals surface area contributed by atoms with Gasteiger partial charge in [-0.3, -0.25) is 9.69 Å². The summed E-state index contributed by atoms with van der Waals surface area (Å²) in [6, 6.07) is 18.4. The number of phenolic OH excluding ortho intramolecular Hbond substituents is 2. The molecule has 4 aliphatic heterocycles. The number of amides is 1. The van der Waals surface area contributed by atoms with Crippen LogP contribution in [0.2, 0.25) is 0 Å². The van der Waals surface area contributed by atoms with E-state index in [4.69, 9.17) is 18.9 Å². The van der Waals surface area contributed by atoms with Crippen molar-refractivity contribution in [1.82, 2.24) is 9.80 Å². The Bertz CT molecular complexity index is 1870. The van der Waals surface area contributed by atoms with Crippen LogP contribution >= 0.6 is 0 Å². The van der Waals surface area contributed by atoms with E-state index in [2.05, 4.69) is 11.9 Å². The molecule has 9 nitrogen and oxygen atoms in total. The zero-order chi connectivity index (χ0) is 32.1. The molecule has 8 bridgehead atoms. The minimum atomic E-state index is -0.382. The number of carbonyl (C=O) groups is 1. The van der Waals surface area contributed by atoms with Crippen LogP contribution in [-0.4, -0.2) is 61.3 Å². The van der Waals surface area contributed by atoms with Crippen LogP contribution in [0.25, 0.3) is 16.9 Å². The number of methoxy groups -OCH3 is 3. The molecule has 236 valence electrons. The van der Waals surface area contributed by atoms with Gasteiger partial charge in [-0.15, -0.1) is 0 Å². The Morgan fingerprint density at radius 2 is 1.59 bits per heavy atom. The van der Waals surface area contributed by atoms with Gasteiger partial charge in [-0.1, -0.05) is 18.2 Å². The number of benzene rings is 4. The van der Waals surface area contributed by atoms with Crippen LogP contribution in [0.4, 0.5) is 0 Å². The highest BCUT2D eigenvalue weighted by molar-refractivity contribution is 5.86. The maximum atomic E-state index is 12.5. The van der Waals surface area contributed by atoms with Crippen molar-refractivity contribution in [2.24, 2.45) is 0 Å². The number of hydrogen-bond donors (Lipinski definition) is 2. The number of aromatic hydroxyl groups is 2. The highest BCUT2D eigenvalue weighted by atomic mass is 16.5. The third kappa shape index (κ3) is 4.87. The van der Waals surface area contributed by atoms with Crippen molar-refractivity contribution in [3.05, 3.63) is 100 Å². The molecule has 0 aliphatic carbocycles. The summed E-state index contributed by atoms with van der Waals surface area (Å²) in [5.74, 6) is 2.69. The third-order valence-electron chi connectivity index (χ3n) is 9.48. The fraction of sp³-hybridized carbons (Fsp3) is 0.270. The van der Waals surface area contributed by atoms with Crippen LogP contribution < -0.4 is 14.2 Å². The van der Waals surface area contributed by atoms with Crippen LogP contribution in [0.5, 0.6) is 34.5 Å². The molecule has 9 heteroatoms. The molecule has 4 aromatic rings. The van der Waals surface area contributed by atoms with Gasteiger partial charge in [0, 0.05) is 35.5 Å². The molecule has 2 N–H and O–H groups in total. The molecule has 0 aromatic heterocycles. The fourth-order valence-corrected chi connectivity index (χ4v) is 7.06. The molecule has 8 rings (SSSR count). The summed E-state index contributed by atoms with van der Waals surface area (Å²) in [5, 5.41) is 23.0. The number of nitrogens with zero attached hydrogens (tertiary/aromatic N) is 2. The quantitative estimate of drug-likeness (QED) is 0.254. The van der Waals surface area contributed by atoms with Crippen LogP contribution in [0, 0.1) is 0 Å². The molecule has 2 atom stereocenters. The van der Waals surface area contributed by atoms with E-state index in [1.54, 1.807) is 38.5 Å². The van der Waals surface area contributed by atoms with Crippen LogP contribution in [0.1, 0.15) is 45.5 Å². The first-order valence-electron chi connectivity index (χ1n) is 15.3. The second-order valence-electron chi connectivity index (χ2n) is 12.0. The number of phenols is 2. The second-order valence-corrected chi connectivity index (χ2v) is 12.0. The predicted octanol–water partition coefficient (Wildman–Crippen LogP) is 6.36. The molecule has 1 amide bonds. The summed E-state index contributed by atoms with van der Waals surface area (Å²) in [6.07, 6.45) is 4.30. The number of carbonyl (C=O) groups excluding carboxylic acids is 1. The number of likely N-dealkylation sites (N-methyl/N-ethyl adjacent to an activating group) is 1. The molecule has 4 aromatic carbocycles. The van der Waals surface area contributed by atoms with E-state index >= 15 is 0 Å².